The fourth-order valence-electron chi connectivity index (χ4n) is 1.53. The Labute approximate surface area is 119 Å². The topological polar surface area (TPSA) is 65.8 Å². The SMILES string of the molecule is Cc1cc(NC(=O)c2ccc(C#N)cc2)cnc1Br. The number of carbonyl (C=O) groups is 1. The third kappa shape index (κ3) is 3.18. The van der Waals surface area contributed by atoms with E-state index < -0.39 is 0 Å². The Kier molecular flexibility index (Phi) is 3.93. The molecule has 19 heavy (non-hydrogen) atoms. The first-order valence-corrected chi connectivity index (χ1v) is 6.33. The van der Waals surface area contributed by atoms with Crippen LogP contribution in [0.3, 0.4) is 0 Å². The molecule has 0 unspecified atom stereocenters. The van der Waals surface area contributed by atoms with Crippen LogP contribution in [0.5, 0.6) is 0 Å². The van der Waals surface area contributed by atoms with Gasteiger partial charge in [0.2, 0.25) is 0 Å². The molecule has 0 saturated heterocycles. The van der Waals surface area contributed by atoms with Gasteiger partial charge >= 0.3 is 0 Å². The molecule has 4 nitrogen and oxygen atoms in total. The maximum Gasteiger partial charge on any atom is 0.255 e. The lowest BCUT2D eigenvalue weighted by Gasteiger charge is -2.06. The molecular formula is C14H10BrN3O. The Morgan fingerprint density at radius 3 is 2.63 bits per heavy atom. The third-order valence-electron chi connectivity index (χ3n) is 2.55. The van der Waals surface area contributed by atoms with Gasteiger partial charge in [0.1, 0.15) is 4.60 Å². The van der Waals surface area contributed by atoms with Crippen LogP contribution in [0.2, 0.25) is 0 Å². The van der Waals surface area contributed by atoms with Crippen LogP contribution in [0, 0.1) is 18.3 Å². The van der Waals surface area contributed by atoms with E-state index in [1.807, 2.05) is 19.1 Å². The number of amides is 1. The van der Waals surface area contributed by atoms with Crippen LogP contribution in [0.25, 0.3) is 0 Å². The van der Waals surface area contributed by atoms with E-state index in [0.717, 1.165) is 10.2 Å². The van der Waals surface area contributed by atoms with E-state index in [4.69, 9.17) is 5.26 Å². The molecule has 1 amide bonds. The highest BCUT2D eigenvalue weighted by molar-refractivity contribution is 9.10. The zero-order valence-electron chi connectivity index (χ0n) is 10.1. The Morgan fingerprint density at radius 1 is 1.37 bits per heavy atom. The average molecular weight is 316 g/mol. The van der Waals surface area contributed by atoms with E-state index in [1.165, 1.54) is 0 Å². The summed E-state index contributed by atoms with van der Waals surface area (Å²) in [6, 6.07) is 10.3. The van der Waals surface area contributed by atoms with Crippen LogP contribution in [-0.2, 0) is 0 Å². The average Bonchev–Trinajstić information content (AvgIpc) is 2.43. The van der Waals surface area contributed by atoms with Gasteiger partial charge in [-0.1, -0.05) is 0 Å². The summed E-state index contributed by atoms with van der Waals surface area (Å²) in [4.78, 5) is 16.1. The molecule has 5 heteroatoms. The first-order valence-electron chi connectivity index (χ1n) is 5.54. The van der Waals surface area contributed by atoms with Gasteiger partial charge < -0.3 is 5.32 Å². The van der Waals surface area contributed by atoms with E-state index in [1.54, 1.807) is 30.5 Å². The third-order valence-corrected chi connectivity index (χ3v) is 3.38. The Balaban J connectivity index is 2.16. The van der Waals surface area contributed by atoms with Gasteiger partial charge in [-0.05, 0) is 58.7 Å². The van der Waals surface area contributed by atoms with Crippen LogP contribution in [0.4, 0.5) is 5.69 Å². The predicted molar refractivity (Wildman–Crippen MR) is 75.8 cm³/mol. The highest BCUT2D eigenvalue weighted by Crippen LogP contribution is 2.17. The van der Waals surface area contributed by atoms with Crippen LogP contribution in [0.1, 0.15) is 21.5 Å². The quantitative estimate of drug-likeness (QED) is 0.865. The monoisotopic (exact) mass is 315 g/mol. The zero-order valence-corrected chi connectivity index (χ0v) is 11.7. The van der Waals surface area contributed by atoms with Crippen molar-refractivity contribution in [1.82, 2.24) is 4.98 Å². The number of halogens is 1. The lowest BCUT2D eigenvalue weighted by molar-refractivity contribution is 0.102. The minimum Gasteiger partial charge on any atom is -0.321 e. The normalized spacial score (nSPS) is 9.74. The summed E-state index contributed by atoms with van der Waals surface area (Å²) in [6.07, 6.45) is 1.58. The maximum atomic E-state index is 12.0. The lowest BCUT2D eigenvalue weighted by Crippen LogP contribution is -2.12. The predicted octanol–water partition coefficient (Wildman–Crippen LogP) is 3.28. The molecule has 0 atom stereocenters. The molecule has 0 aliphatic carbocycles. The molecule has 0 saturated carbocycles. The standard InChI is InChI=1S/C14H10BrN3O/c1-9-6-12(8-17-13(9)15)18-14(19)11-4-2-10(7-16)3-5-11/h2-6,8H,1H3,(H,18,19). The number of rotatable bonds is 2. The molecule has 1 N–H and O–H groups in total. The first kappa shape index (κ1) is 13.2. The number of aromatic nitrogens is 1. The fraction of sp³-hybridized carbons (Fsp3) is 0.0714. The minimum absolute atomic E-state index is 0.229. The number of aryl methyl sites for hydroxylation is 1. The summed E-state index contributed by atoms with van der Waals surface area (Å²) in [5, 5.41) is 11.5. The van der Waals surface area contributed by atoms with Crippen molar-refractivity contribution >= 4 is 27.5 Å². The number of nitrogens with one attached hydrogen (secondary N) is 1. The van der Waals surface area contributed by atoms with E-state index in [2.05, 4.69) is 26.2 Å². The highest BCUT2D eigenvalue weighted by atomic mass is 79.9. The van der Waals surface area contributed by atoms with Crippen molar-refractivity contribution in [2.45, 2.75) is 6.92 Å². The highest BCUT2D eigenvalue weighted by Gasteiger charge is 2.07. The van der Waals surface area contributed by atoms with Gasteiger partial charge in [0.25, 0.3) is 5.91 Å². The van der Waals surface area contributed by atoms with E-state index in [-0.39, 0.29) is 5.91 Å². The van der Waals surface area contributed by atoms with E-state index in [0.29, 0.717) is 16.8 Å². The zero-order chi connectivity index (χ0) is 13.8. The number of anilines is 1. The molecule has 0 aliphatic heterocycles. The summed E-state index contributed by atoms with van der Waals surface area (Å²) in [5.74, 6) is -0.229. The molecule has 0 spiro atoms. The van der Waals surface area contributed by atoms with E-state index >= 15 is 0 Å². The molecule has 2 aromatic rings. The summed E-state index contributed by atoms with van der Waals surface area (Å²) in [5.41, 5.74) is 2.60. The summed E-state index contributed by atoms with van der Waals surface area (Å²) in [7, 11) is 0. The van der Waals surface area contributed by atoms with Crippen LogP contribution < -0.4 is 5.32 Å². The van der Waals surface area contributed by atoms with Crippen molar-refractivity contribution in [2.24, 2.45) is 0 Å². The van der Waals surface area contributed by atoms with Gasteiger partial charge in [-0.25, -0.2) is 4.98 Å². The number of nitriles is 1. The number of benzene rings is 1. The lowest BCUT2D eigenvalue weighted by atomic mass is 10.1. The minimum atomic E-state index is -0.229. The molecule has 0 bridgehead atoms. The molecule has 1 aromatic carbocycles. The second-order valence-corrected chi connectivity index (χ2v) is 4.73. The van der Waals surface area contributed by atoms with Gasteiger partial charge in [-0.2, -0.15) is 5.26 Å². The van der Waals surface area contributed by atoms with Crippen molar-refractivity contribution in [3.8, 4) is 6.07 Å². The second-order valence-electron chi connectivity index (χ2n) is 3.97. The molecule has 0 radical (unpaired) electrons. The van der Waals surface area contributed by atoms with Gasteiger partial charge in [-0.15, -0.1) is 0 Å². The van der Waals surface area contributed by atoms with Crippen LogP contribution >= 0.6 is 15.9 Å². The molecule has 0 fully saturated rings. The molecular weight excluding hydrogens is 306 g/mol. The smallest absolute Gasteiger partial charge is 0.255 e. The van der Waals surface area contributed by atoms with Gasteiger partial charge in [0.05, 0.1) is 23.5 Å². The molecule has 0 aliphatic rings. The molecule has 1 aromatic heterocycles. The van der Waals surface area contributed by atoms with Gasteiger partial charge in [0.15, 0.2) is 0 Å². The second kappa shape index (κ2) is 5.63. The van der Waals surface area contributed by atoms with Crippen molar-refractivity contribution < 1.29 is 4.79 Å². The Bertz CT molecular complexity index is 659. The number of hydrogen-bond donors (Lipinski definition) is 1. The maximum absolute atomic E-state index is 12.0. The number of pyridine rings is 1. The number of hydrogen-bond acceptors (Lipinski definition) is 3. The summed E-state index contributed by atoms with van der Waals surface area (Å²) < 4.78 is 0.754. The first-order chi connectivity index (χ1) is 9.10. The van der Waals surface area contributed by atoms with Crippen molar-refractivity contribution in [3.63, 3.8) is 0 Å². The summed E-state index contributed by atoms with van der Waals surface area (Å²) in [6.45, 7) is 1.90. The summed E-state index contributed by atoms with van der Waals surface area (Å²) >= 11 is 3.30. The van der Waals surface area contributed by atoms with Crippen LogP contribution in [-0.4, -0.2) is 10.9 Å². The van der Waals surface area contributed by atoms with Gasteiger partial charge in [0, 0.05) is 5.56 Å². The Morgan fingerprint density at radius 2 is 2.05 bits per heavy atom. The Hall–Kier alpha value is -2.19. The van der Waals surface area contributed by atoms with Crippen molar-refractivity contribution in [2.75, 3.05) is 5.32 Å². The number of nitrogens with zero attached hydrogens (tertiary/aromatic N) is 2. The fourth-order valence-corrected chi connectivity index (χ4v) is 1.74. The molecule has 2 rings (SSSR count). The molecule has 1 heterocycles. The molecule has 94 valence electrons. The number of carbonyl (C=O) groups excluding carboxylic acids is 1. The van der Waals surface area contributed by atoms with Crippen molar-refractivity contribution in [3.05, 3.63) is 57.8 Å². The largest absolute Gasteiger partial charge is 0.321 e. The van der Waals surface area contributed by atoms with Crippen molar-refractivity contribution in [1.29, 1.82) is 5.26 Å². The van der Waals surface area contributed by atoms with Gasteiger partial charge in [-0.3, -0.25) is 4.79 Å². The van der Waals surface area contributed by atoms with Crippen LogP contribution in [0.15, 0.2) is 41.1 Å². The van der Waals surface area contributed by atoms with E-state index in [9.17, 15) is 4.79 Å².